The summed E-state index contributed by atoms with van der Waals surface area (Å²) < 4.78 is 12.6. The molecule has 0 spiro atoms. The van der Waals surface area contributed by atoms with Gasteiger partial charge in [-0.1, -0.05) is 117 Å². The molecule has 0 aromatic rings. The van der Waals surface area contributed by atoms with Crippen LogP contribution in [-0.4, -0.2) is 26.4 Å². The molecule has 0 aliphatic carbocycles. The SMILES string of the molecule is CCCCCCCCCCCCS(=O)C(CCCCCCCCC)C(C)O. The van der Waals surface area contributed by atoms with Gasteiger partial charge in [0.2, 0.25) is 0 Å². The van der Waals surface area contributed by atoms with Crippen LogP contribution in [0.2, 0.25) is 0 Å². The Kier molecular flexibility index (Phi) is 20.9. The first kappa shape index (κ1) is 27.1. The van der Waals surface area contributed by atoms with Gasteiger partial charge in [0, 0.05) is 16.6 Å². The molecular weight excluding hydrogens is 352 g/mol. The number of aliphatic hydroxyl groups excluding tert-OH is 1. The third-order valence-electron chi connectivity index (χ3n) is 5.67. The maximum Gasteiger partial charge on any atom is 0.0655 e. The Morgan fingerprint density at radius 3 is 1.41 bits per heavy atom. The van der Waals surface area contributed by atoms with Crippen LogP contribution < -0.4 is 0 Å². The van der Waals surface area contributed by atoms with Gasteiger partial charge in [-0.25, -0.2) is 0 Å². The van der Waals surface area contributed by atoms with E-state index in [0.29, 0.717) is 0 Å². The van der Waals surface area contributed by atoms with Crippen molar-refractivity contribution in [2.75, 3.05) is 5.75 Å². The minimum atomic E-state index is -0.861. The molecule has 0 amide bonds. The zero-order chi connectivity index (χ0) is 20.2. The summed E-state index contributed by atoms with van der Waals surface area (Å²) in [5.41, 5.74) is 0. The van der Waals surface area contributed by atoms with E-state index < -0.39 is 16.9 Å². The number of aliphatic hydroxyl groups is 1. The Balaban J connectivity index is 3.66. The molecule has 2 nitrogen and oxygen atoms in total. The van der Waals surface area contributed by atoms with Gasteiger partial charge in [-0.2, -0.15) is 0 Å². The smallest absolute Gasteiger partial charge is 0.0655 e. The standard InChI is InChI=1S/C24H50O2S/c1-4-6-8-10-12-13-14-16-18-20-22-27(26)24(23(3)25)21-19-17-15-11-9-7-5-2/h23-25H,4-22H2,1-3H3. The normalized spacial score (nSPS) is 15.0. The van der Waals surface area contributed by atoms with Crippen molar-refractivity contribution in [1.82, 2.24) is 0 Å². The first-order valence-electron chi connectivity index (χ1n) is 12.2. The molecule has 0 heterocycles. The lowest BCUT2D eigenvalue weighted by molar-refractivity contribution is 0.184. The maximum atomic E-state index is 12.6. The lowest BCUT2D eigenvalue weighted by atomic mass is 10.1. The average Bonchev–Trinajstić information content (AvgIpc) is 2.65. The van der Waals surface area contributed by atoms with Crippen molar-refractivity contribution in [3.8, 4) is 0 Å². The van der Waals surface area contributed by atoms with Gasteiger partial charge in [-0.15, -0.1) is 0 Å². The van der Waals surface area contributed by atoms with Gasteiger partial charge in [-0.3, -0.25) is 4.21 Å². The molecule has 0 saturated heterocycles. The van der Waals surface area contributed by atoms with Crippen LogP contribution in [0.15, 0.2) is 0 Å². The van der Waals surface area contributed by atoms with Gasteiger partial charge in [0.05, 0.1) is 11.4 Å². The number of hydrogen-bond donors (Lipinski definition) is 1. The quantitative estimate of drug-likeness (QED) is 0.201. The fourth-order valence-corrected chi connectivity index (χ4v) is 5.44. The molecule has 3 atom stereocenters. The lowest BCUT2D eigenvalue weighted by Gasteiger charge is -2.19. The van der Waals surface area contributed by atoms with E-state index in [1.165, 1.54) is 96.3 Å². The van der Waals surface area contributed by atoms with Gasteiger partial charge in [0.15, 0.2) is 0 Å². The topological polar surface area (TPSA) is 37.3 Å². The molecule has 3 heteroatoms. The highest BCUT2D eigenvalue weighted by atomic mass is 32.2. The van der Waals surface area contributed by atoms with Crippen molar-refractivity contribution in [3.05, 3.63) is 0 Å². The van der Waals surface area contributed by atoms with E-state index in [1.807, 2.05) is 6.92 Å². The van der Waals surface area contributed by atoms with E-state index in [1.54, 1.807) is 0 Å². The zero-order valence-electron chi connectivity index (χ0n) is 18.9. The lowest BCUT2D eigenvalue weighted by Crippen LogP contribution is -2.29. The van der Waals surface area contributed by atoms with Crippen molar-refractivity contribution in [2.24, 2.45) is 0 Å². The molecule has 0 aromatic carbocycles. The third kappa shape index (κ3) is 17.9. The summed E-state index contributed by atoms with van der Waals surface area (Å²) in [6.07, 6.45) is 22.6. The molecule has 164 valence electrons. The minimum absolute atomic E-state index is 0.0146. The van der Waals surface area contributed by atoms with E-state index in [2.05, 4.69) is 13.8 Å². The summed E-state index contributed by atoms with van der Waals surface area (Å²) >= 11 is 0. The van der Waals surface area contributed by atoms with E-state index in [9.17, 15) is 9.32 Å². The highest BCUT2D eigenvalue weighted by Gasteiger charge is 2.21. The summed E-state index contributed by atoms with van der Waals surface area (Å²) in [7, 11) is -0.861. The number of unbranched alkanes of at least 4 members (excludes halogenated alkanes) is 15. The molecule has 0 aliphatic rings. The summed E-state index contributed by atoms with van der Waals surface area (Å²) in [6, 6.07) is 0. The van der Waals surface area contributed by atoms with Crippen molar-refractivity contribution < 1.29 is 9.32 Å². The fraction of sp³-hybridized carbons (Fsp3) is 1.00. The van der Waals surface area contributed by atoms with Crippen LogP contribution in [0.3, 0.4) is 0 Å². The minimum Gasteiger partial charge on any atom is -0.392 e. The molecular formula is C24H50O2S. The molecule has 0 aliphatic heterocycles. The Bertz CT molecular complexity index is 318. The molecule has 0 bridgehead atoms. The van der Waals surface area contributed by atoms with Crippen molar-refractivity contribution in [2.45, 2.75) is 148 Å². The predicted octanol–water partition coefficient (Wildman–Crippen LogP) is 7.55. The van der Waals surface area contributed by atoms with Gasteiger partial charge < -0.3 is 5.11 Å². The highest BCUT2D eigenvalue weighted by Crippen LogP contribution is 2.17. The van der Waals surface area contributed by atoms with Gasteiger partial charge in [0.25, 0.3) is 0 Å². The summed E-state index contributed by atoms with van der Waals surface area (Å²) in [6.45, 7) is 6.33. The van der Waals surface area contributed by atoms with Crippen LogP contribution in [0, 0.1) is 0 Å². The van der Waals surface area contributed by atoms with E-state index in [4.69, 9.17) is 0 Å². The molecule has 1 N–H and O–H groups in total. The number of hydrogen-bond acceptors (Lipinski definition) is 2. The van der Waals surface area contributed by atoms with Crippen LogP contribution in [-0.2, 0) is 10.8 Å². The van der Waals surface area contributed by atoms with Crippen LogP contribution in [0.1, 0.15) is 136 Å². The van der Waals surface area contributed by atoms with E-state index >= 15 is 0 Å². The van der Waals surface area contributed by atoms with E-state index in [0.717, 1.165) is 25.0 Å². The second-order valence-electron chi connectivity index (χ2n) is 8.46. The van der Waals surface area contributed by atoms with Gasteiger partial charge >= 0.3 is 0 Å². The summed E-state index contributed by atoms with van der Waals surface area (Å²) in [5.74, 6) is 0.780. The zero-order valence-corrected chi connectivity index (χ0v) is 19.7. The van der Waals surface area contributed by atoms with Crippen molar-refractivity contribution in [3.63, 3.8) is 0 Å². The Morgan fingerprint density at radius 2 is 1.00 bits per heavy atom. The predicted molar refractivity (Wildman–Crippen MR) is 123 cm³/mol. The Labute approximate surface area is 173 Å². The molecule has 0 aromatic heterocycles. The molecule has 27 heavy (non-hydrogen) atoms. The monoisotopic (exact) mass is 402 g/mol. The Morgan fingerprint density at radius 1 is 0.630 bits per heavy atom. The van der Waals surface area contributed by atoms with Crippen molar-refractivity contribution in [1.29, 1.82) is 0 Å². The molecule has 3 unspecified atom stereocenters. The second kappa shape index (κ2) is 20.8. The fourth-order valence-electron chi connectivity index (χ4n) is 3.78. The summed E-state index contributed by atoms with van der Waals surface area (Å²) in [5, 5.41) is 10.0. The van der Waals surface area contributed by atoms with Crippen LogP contribution in [0.25, 0.3) is 0 Å². The first-order chi connectivity index (χ1) is 13.1. The number of rotatable bonds is 21. The van der Waals surface area contributed by atoms with Crippen LogP contribution in [0.5, 0.6) is 0 Å². The average molecular weight is 403 g/mol. The van der Waals surface area contributed by atoms with E-state index in [-0.39, 0.29) is 5.25 Å². The molecule has 0 radical (unpaired) electrons. The first-order valence-corrected chi connectivity index (χ1v) is 13.6. The molecule has 0 rings (SSSR count). The summed E-state index contributed by atoms with van der Waals surface area (Å²) in [4.78, 5) is 0. The van der Waals surface area contributed by atoms with Crippen LogP contribution >= 0.6 is 0 Å². The molecule has 0 fully saturated rings. The highest BCUT2D eigenvalue weighted by molar-refractivity contribution is 7.85. The Hall–Kier alpha value is 0.110. The largest absolute Gasteiger partial charge is 0.392 e. The maximum absolute atomic E-state index is 12.6. The second-order valence-corrected chi connectivity index (χ2v) is 10.2. The van der Waals surface area contributed by atoms with Crippen LogP contribution in [0.4, 0.5) is 0 Å². The van der Waals surface area contributed by atoms with Gasteiger partial charge in [0.1, 0.15) is 0 Å². The van der Waals surface area contributed by atoms with Gasteiger partial charge in [-0.05, 0) is 19.8 Å². The molecule has 0 saturated carbocycles. The third-order valence-corrected chi connectivity index (χ3v) is 7.66. The van der Waals surface area contributed by atoms with Crippen molar-refractivity contribution >= 4 is 10.8 Å².